The number of carbonyl (C=O) groups is 1. The minimum absolute atomic E-state index is 0.0341. The molecular formula is C25H33F3N2O5S. The standard InChI is InChI=1S/C25H33F3N2O5S/c1-6-29(7-2)21-12-11-19(16-30(15-18(3)4)24(31)17-34-5)23(14-21)35-36(32,33)22-10-8-9-20(13-22)25(26,27)28/h8-14,18H,6-7,15-17H2,1-5H3. The Kier molecular flexibility index (Phi) is 10.2. The fourth-order valence-electron chi connectivity index (χ4n) is 3.65. The van der Waals surface area contributed by atoms with Gasteiger partial charge in [-0.05, 0) is 44.0 Å². The van der Waals surface area contributed by atoms with Crippen LogP contribution in [0.1, 0.15) is 38.8 Å². The number of methoxy groups -OCH3 is 1. The first kappa shape index (κ1) is 29.4. The Morgan fingerprint density at radius 1 is 1.06 bits per heavy atom. The molecule has 0 aliphatic carbocycles. The van der Waals surface area contributed by atoms with Crippen molar-refractivity contribution in [2.24, 2.45) is 5.92 Å². The van der Waals surface area contributed by atoms with Crippen molar-refractivity contribution in [2.45, 2.75) is 45.3 Å². The van der Waals surface area contributed by atoms with Crippen molar-refractivity contribution in [3.63, 3.8) is 0 Å². The Morgan fingerprint density at radius 2 is 1.72 bits per heavy atom. The van der Waals surface area contributed by atoms with Gasteiger partial charge in [0.2, 0.25) is 5.91 Å². The molecule has 2 aromatic rings. The van der Waals surface area contributed by atoms with E-state index in [1.807, 2.05) is 32.6 Å². The zero-order valence-electron chi connectivity index (χ0n) is 21.1. The summed E-state index contributed by atoms with van der Waals surface area (Å²) in [6, 6.07) is 8.37. The van der Waals surface area contributed by atoms with Gasteiger partial charge in [0.05, 0.1) is 5.56 Å². The zero-order chi connectivity index (χ0) is 27.1. The van der Waals surface area contributed by atoms with Gasteiger partial charge in [0.25, 0.3) is 0 Å². The van der Waals surface area contributed by atoms with E-state index in [0.29, 0.717) is 37.0 Å². The number of carbonyl (C=O) groups excluding carboxylic acids is 1. The van der Waals surface area contributed by atoms with Gasteiger partial charge in [0.15, 0.2) is 0 Å². The summed E-state index contributed by atoms with van der Waals surface area (Å²) in [5.41, 5.74) is -0.0271. The molecule has 0 bridgehead atoms. The predicted octanol–water partition coefficient (Wildman–Crippen LogP) is 4.95. The van der Waals surface area contributed by atoms with Crippen LogP contribution in [0.25, 0.3) is 0 Å². The fourth-order valence-corrected chi connectivity index (χ4v) is 4.65. The minimum atomic E-state index is -4.71. The van der Waals surface area contributed by atoms with Crippen molar-refractivity contribution in [3.8, 4) is 5.75 Å². The van der Waals surface area contributed by atoms with Crippen molar-refractivity contribution < 1.29 is 35.3 Å². The Hall–Kier alpha value is -2.79. The van der Waals surface area contributed by atoms with Gasteiger partial charge in [0.1, 0.15) is 17.3 Å². The number of hydrogen-bond donors (Lipinski definition) is 0. The van der Waals surface area contributed by atoms with Crippen LogP contribution in [0.2, 0.25) is 0 Å². The molecule has 0 aromatic heterocycles. The summed E-state index contributed by atoms with van der Waals surface area (Å²) >= 11 is 0. The summed E-state index contributed by atoms with van der Waals surface area (Å²) in [6.07, 6.45) is -4.71. The van der Waals surface area contributed by atoms with E-state index < -0.39 is 26.8 Å². The van der Waals surface area contributed by atoms with Crippen LogP contribution in [0.15, 0.2) is 47.4 Å². The molecule has 0 saturated carbocycles. The van der Waals surface area contributed by atoms with Crippen LogP contribution >= 0.6 is 0 Å². The normalized spacial score (nSPS) is 12.0. The van der Waals surface area contributed by atoms with E-state index in [2.05, 4.69) is 0 Å². The van der Waals surface area contributed by atoms with Crippen LogP contribution in [0.5, 0.6) is 5.75 Å². The highest BCUT2D eigenvalue weighted by Crippen LogP contribution is 2.33. The molecule has 0 fully saturated rings. The number of amides is 1. The van der Waals surface area contributed by atoms with Crippen LogP contribution in [-0.2, 0) is 32.4 Å². The highest BCUT2D eigenvalue weighted by atomic mass is 32.2. The second-order valence-corrected chi connectivity index (χ2v) is 10.2. The molecule has 0 N–H and O–H groups in total. The maximum Gasteiger partial charge on any atom is 0.416 e. The smallest absolute Gasteiger partial charge is 0.379 e. The first-order valence-electron chi connectivity index (χ1n) is 11.6. The molecule has 7 nitrogen and oxygen atoms in total. The van der Waals surface area contributed by atoms with Crippen molar-refractivity contribution in [3.05, 3.63) is 53.6 Å². The van der Waals surface area contributed by atoms with Gasteiger partial charge in [-0.1, -0.05) is 26.0 Å². The van der Waals surface area contributed by atoms with E-state index in [1.165, 1.54) is 18.1 Å². The second kappa shape index (κ2) is 12.4. The first-order valence-corrected chi connectivity index (χ1v) is 13.0. The third-order valence-electron chi connectivity index (χ3n) is 5.40. The van der Waals surface area contributed by atoms with E-state index in [-0.39, 0.29) is 30.7 Å². The van der Waals surface area contributed by atoms with Crippen molar-refractivity contribution in [1.29, 1.82) is 0 Å². The van der Waals surface area contributed by atoms with Crippen LogP contribution in [0, 0.1) is 5.92 Å². The lowest BCUT2D eigenvalue weighted by molar-refractivity contribution is -0.138. The molecular weight excluding hydrogens is 497 g/mol. The first-order chi connectivity index (χ1) is 16.8. The quantitative estimate of drug-likeness (QED) is 0.362. The SMILES string of the molecule is CCN(CC)c1ccc(CN(CC(C)C)C(=O)COC)c(OS(=O)(=O)c2cccc(C(F)(F)F)c2)c1. The number of rotatable bonds is 12. The van der Waals surface area contributed by atoms with E-state index >= 15 is 0 Å². The molecule has 0 aliphatic rings. The van der Waals surface area contributed by atoms with Crippen molar-refractivity contribution in [1.82, 2.24) is 4.90 Å². The van der Waals surface area contributed by atoms with E-state index in [0.717, 1.165) is 18.2 Å². The van der Waals surface area contributed by atoms with Gasteiger partial charge in [0, 0.05) is 50.6 Å². The van der Waals surface area contributed by atoms with Crippen molar-refractivity contribution in [2.75, 3.05) is 38.3 Å². The fraction of sp³-hybridized carbons (Fsp3) is 0.480. The summed E-state index contributed by atoms with van der Waals surface area (Å²) in [6.45, 7) is 9.30. The third kappa shape index (κ3) is 7.86. The Morgan fingerprint density at radius 3 is 2.28 bits per heavy atom. The molecule has 0 atom stereocenters. The number of hydrogen-bond acceptors (Lipinski definition) is 6. The van der Waals surface area contributed by atoms with Crippen LogP contribution in [0.4, 0.5) is 18.9 Å². The molecule has 1 amide bonds. The van der Waals surface area contributed by atoms with E-state index in [1.54, 1.807) is 12.1 Å². The Bertz CT molecular complexity index is 1130. The molecule has 0 spiro atoms. The van der Waals surface area contributed by atoms with Crippen LogP contribution in [0.3, 0.4) is 0 Å². The lowest BCUT2D eigenvalue weighted by Crippen LogP contribution is -2.36. The molecule has 11 heteroatoms. The van der Waals surface area contributed by atoms with E-state index in [4.69, 9.17) is 8.92 Å². The topological polar surface area (TPSA) is 76.2 Å². The molecule has 2 rings (SSSR count). The van der Waals surface area contributed by atoms with Gasteiger partial charge in [-0.3, -0.25) is 4.79 Å². The van der Waals surface area contributed by atoms with E-state index in [9.17, 15) is 26.4 Å². The molecule has 0 aliphatic heterocycles. The molecule has 0 saturated heterocycles. The summed E-state index contributed by atoms with van der Waals surface area (Å²) in [4.78, 5) is 15.5. The largest absolute Gasteiger partial charge is 0.416 e. The summed E-state index contributed by atoms with van der Waals surface area (Å²) < 4.78 is 76.0. The lowest BCUT2D eigenvalue weighted by Gasteiger charge is -2.27. The number of ether oxygens (including phenoxy) is 1. The van der Waals surface area contributed by atoms with Crippen molar-refractivity contribution >= 4 is 21.7 Å². The molecule has 200 valence electrons. The van der Waals surface area contributed by atoms with Gasteiger partial charge in [-0.15, -0.1) is 0 Å². The molecule has 36 heavy (non-hydrogen) atoms. The minimum Gasteiger partial charge on any atom is -0.379 e. The lowest BCUT2D eigenvalue weighted by atomic mass is 10.1. The summed E-state index contributed by atoms with van der Waals surface area (Å²) in [5, 5.41) is 0. The maximum absolute atomic E-state index is 13.2. The average molecular weight is 531 g/mol. The number of benzene rings is 2. The zero-order valence-corrected chi connectivity index (χ0v) is 21.9. The highest BCUT2D eigenvalue weighted by molar-refractivity contribution is 7.87. The number of nitrogens with zero attached hydrogens (tertiary/aromatic N) is 2. The number of alkyl halides is 3. The molecule has 0 radical (unpaired) electrons. The second-order valence-electron chi connectivity index (χ2n) is 8.63. The molecule has 0 heterocycles. The number of halogens is 3. The summed E-state index contributed by atoms with van der Waals surface area (Å²) in [5.74, 6) is -0.222. The predicted molar refractivity (Wildman–Crippen MR) is 131 cm³/mol. The number of anilines is 1. The highest BCUT2D eigenvalue weighted by Gasteiger charge is 2.32. The third-order valence-corrected chi connectivity index (χ3v) is 6.63. The van der Waals surface area contributed by atoms with Crippen LogP contribution < -0.4 is 9.08 Å². The van der Waals surface area contributed by atoms with Crippen LogP contribution in [-0.4, -0.2) is 52.6 Å². The van der Waals surface area contributed by atoms with Gasteiger partial charge < -0.3 is 18.7 Å². The van der Waals surface area contributed by atoms with Gasteiger partial charge in [-0.25, -0.2) is 0 Å². The van der Waals surface area contributed by atoms with Gasteiger partial charge in [-0.2, -0.15) is 21.6 Å². The summed E-state index contributed by atoms with van der Waals surface area (Å²) in [7, 11) is -3.21. The Labute approximate surface area is 210 Å². The van der Waals surface area contributed by atoms with Gasteiger partial charge >= 0.3 is 16.3 Å². The molecule has 2 aromatic carbocycles. The molecule has 0 unspecified atom stereocenters. The monoisotopic (exact) mass is 530 g/mol. The maximum atomic E-state index is 13.2. The average Bonchev–Trinajstić information content (AvgIpc) is 2.80. The Balaban J connectivity index is 2.54.